The van der Waals surface area contributed by atoms with E-state index in [9.17, 15) is 4.79 Å². The van der Waals surface area contributed by atoms with E-state index >= 15 is 0 Å². The standard InChI is InChI=1S/C11H13N5O2/c1-3-6-9(12)13-10(14-11(6)17)7-4-5-8(18-2)16-15-7/h4-5H,3H2,1-2H3,(H3,12,13,14,17). The summed E-state index contributed by atoms with van der Waals surface area (Å²) in [6.45, 7) is 1.84. The lowest BCUT2D eigenvalue weighted by molar-refractivity contribution is 0.392. The van der Waals surface area contributed by atoms with Crippen LogP contribution in [0.3, 0.4) is 0 Å². The number of nitrogens with two attached hydrogens (primary N) is 1. The predicted molar refractivity (Wildman–Crippen MR) is 66.2 cm³/mol. The largest absolute Gasteiger partial charge is 0.480 e. The van der Waals surface area contributed by atoms with Crippen LogP contribution in [0, 0.1) is 0 Å². The lowest BCUT2D eigenvalue weighted by Crippen LogP contribution is -2.18. The molecule has 0 atom stereocenters. The van der Waals surface area contributed by atoms with Crippen molar-refractivity contribution in [3.63, 3.8) is 0 Å². The molecular weight excluding hydrogens is 234 g/mol. The van der Waals surface area contributed by atoms with E-state index in [-0.39, 0.29) is 11.4 Å². The van der Waals surface area contributed by atoms with Gasteiger partial charge >= 0.3 is 0 Å². The molecule has 0 saturated carbocycles. The number of anilines is 1. The Morgan fingerprint density at radius 1 is 1.39 bits per heavy atom. The first-order chi connectivity index (χ1) is 8.65. The highest BCUT2D eigenvalue weighted by molar-refractivity contribution is 5.52. The van der Waals surface area contributed by atoms with Crippen LogP contribution in [-0.4, -0.2) is 27.3 Å². The summed E-state index contributed by atoms with van der Waals surface area (Å²) < 4.78 is 4.90. The Hall–Kier alpha value is -2.44. The molecule has 3 N–H and O–H groups in total. The van der Waals surface area contributed by atoms with E-state index in [1.165, 1.54) is 7.11 Å². The summed E-state index contributed by atoms with van der Waals surface area (Å²) >= 11 is 0. The second kappa shape index (κ2) is 4.82. The van der Waals surface area contributed by atoms with E-state index in [0.717, 1.165) is 0 Å². The highest BCUT2D eigenvalue weighted by Gasteiger charge is 2.10. The Labute approximate surface area is 103 Å². The summed E-state index contributed by atoms with van der Waals surface area (Å²) in [6, 6.07) is 3.28. The maximum absolute atomic E-state index is 11.7. The molecule has 0 aliphatic carbocycles. The molecule has 2 aromatic rings. The molecule has 7 heteroatoms. The molecule has 18 heavy (non-hydrogen) atoms. The smallest absolute Gasteiger partial charge is 0.256 e. The van der Waals surface area contributed by atoms with Crippen LogP contribution in [0.25, 0.3) is 11.5 Å². The van der Waals surface area contributed by atoms with Gasteiger partial charge in [-0.15, -0.1) is 10.2 Å². The summed E-state index contributed by atoms with van der Waals surface area (Å²) in [5.41, 5.74) is 6.38. The van der Waals surface area contributed by atoms with Gasteiger partial charge in [0, 0.05) is 6.07 Å². The quantitative estimate of drug-likeness (QED) is 0.812. The Kier molecular flexibility index (Phi) is 3.22. The number of H-pyrrole nitrogens is 1. The van der Waals surface area contributed by atoms with Gasteiger partial charge in [-0.3, -0.25) is 4.79 Å². The van der Waals surface area contributed by atoms with Crippen LogP contribution in [0.4, 0.5) is 5.82 Å². The van der Waals surface area contributed by atoms with E-state index < -0.39 is 0 Å². The van der Waals surface area contributed by atoms with Crippen molar-refractivity contribution in [2.75, 3.05) is 12.8 Å². The number of nitrogen functional groups attached to an aromatic ring is 1. The second-order valence-corrected chi connectivity index (χ2v) is 3.59. The van der Waals surface area contributed by atoms with E-state index in [2.05, 4.69) is 20.2 Å². The molecule has 0 amide bonds. The lowest BCUT2D eigenvalue weighted by Gasteiger charge is -2.04. The molecular formula is C11H13N5O2. The van der Waals surface area contributed by atoms with Crippen molar-refractivity contribution in [2.24, 2.45) is 0 Å². The molecule has 0 saturated heterocycles. The number of nitrogens with one attached hydrogen (secondary N) is 1. The van der Waals surface area contributed by atoms with Crippen molar-refractivity contribution in [1.82, 2.24) is 20.2 Å². The van der Waals surface area contributed by atoms with E-state index in [1.807, 2.05) is 6.92 Å². The first-order valence-corrected chi connectivity index (χ1v) is 5.42. The minimum Gasteiger partial charge on any atom is -0.480 e. The molecule has 94 valence electrons. The summed E-state index contributed by atoms with van der Waals surface area (Å²) in [4.78, 5) is 18.5. The third-order valence-corrected chi connectivity index (χ3v) is 2.49. The highest BCUT2D eigenvalue weighted by atomic mass is 16.5. The summed E-state index contributed by atoms with van der Waals surface area (Å²) in [7, 11) is 1.50. The highest BCUT2D eigenvalue weighted by Crippen LogP contribution is 2.14. The first-order valence-electron chi connectivity index (χ1n) is 5.42. The monoisotopic (exact) mass is 247 g/mol. The molecule has 0 aromatic carbocycles. The average molecular weight is 247 g/mol. The Bertz CT molecular complexity index is 606. The van der Waals surface area contributed by atoms with Crippen LogP contribution in [0.15, 0.2) is 16.9 Å². The summed E-state index contributed by atoms with van der Waals surface area (Å²) in [5, 5.41) is 7.69. The number of aromatic nitrogens is 4. The molecule has 0 aliphatic rings. The molecule has 2 rings (SSSR count). The van der Waals surface area contributed by atoms with Crippen molar-refractivity contribution in [3.05, 3.63) is 28.0 Å². The SMILES string of the molecule is CCc1c(N)nc(-c2ccc(OC)nn2)[nH]c1=O. The van der Waals surface area contributed by atoms with Gasteiger partial charge in [-0.2, -0.15) is 0 Å². The fraction of sp³-hybridized carbons (Fsp3) is 0.273. The molecule has 0 bridgehead atoms. The third-order valence-electron chi connectivity index (χ3n) is 2.49. The normalized spacial score (nSPS) is 10.3. The van der Waals surface area contributed by atoms with Gasteiger partial charge in [0.25, 0.3) is 5.56 Å². The Balaban J connectivity index is 2.47. The van der Waals surface area contributed by atoms with Crippen molar-refractivity contribution in [1.29, 1.82) is 0 Å². The second-order valence-electron chi connectivity index (χ2n) is 3.59. The van der Waals surface area contributed by atoms with Gasteiger partial charge in [0.05, 0.1) is 12.7 Å². The zero-order valence-corrected chi connectivity index (χ0v) is 10.1. The number of hydrogen-bond donors (Lipinski definition) is 2. The van der Waals surface area contributed by atoms with E-state index in [1.54, 1.807) is 12.1 Å². The molecule has 2 heterocycles. The van der Waals surface area contributed by atoms with Crippen LogP contribution in [-0.2, 0) is 6.42 Å². The van der Waals surface area contributed by atoms with Crippen LogP contribution >= 0.6 is 0 Å². The topological polar surface area (TPSA) is 107 Å². The van der Waals surface area contributed by atoms with Gasteiger partial charge in [-0.1, -0.05) is 6.92 Å². The minimum atomic E-state index is -0.252. The van der Waals surface area contributed by atoms with Gasteiger partial charge in [0.1, 0.15) is 11.5 Å². The van der Waals surface area contributed by atoms with Crippen molar-refractivity contribution in [2.45, 2.75) is 13.3 Å². The molecule has 2 aromatic heterocycles. The Morgan fingerprint density at radius 2 is 2.17 bits per heavy atom. The fourth-order valence-electron chi connectivity index (χ4n) is 1.53. The number of methoxy groups -OCH3 is 1. The first kappa shape index (κ1) is 12.0. The predicted octanol–water partition coefficient (Wildman–Crippen LogP) is 0.380. The van der Waals surface area contributed by atoms with Crippen LogP contribution in [0.2, 0.25) is 0 Å². The molecule has 0 unspecified atom stereocenters. The zero-order chi connectivity index (χ0) is 13.1. The van der Waals surface area contributed by atoms with E-state index in [4.69, 9.17) is 10.5 Å². The fourth-order valence-corrected chi connectivity index (χ4v) is 1.53. The lowest BCUT2D eigenvalue weighted by atomic mass is 10.2. The van der Waals surface area contributed by atoms with Gasteiger partial charge < -0.3 is 15.5 Å². The number of nitrogens with zero attached hydrogens (tertiary/aromatic N) is 3. The number of aromatic amines is 1. The van der Waals surface area contributed by atoms with Gasteiger partial charge in [0.15, 0.2) is 5.82 Å². The van der Waals surface area contributed by atoms with Gasteiger partial charge in [-0.25, -0.2) is 4.98 Å². The molecule has 0 fully saturated rings. The maximum atomic E-state index is 11.7. The minimum absolute atomic E-state index is 0.217. The Morgan fingerprint density at radius 3 is 2.67 bits per heavy atom. The van der Waals surface area contributed by atoms with Crippen molar-refractivity contribution >= 4 is 5.82 Å². The van der Waals surface area contributed by atoms with Crippen molar-refractivity contribution < 1.29 is 4.74 Å². The molecule has 7 nitrogen and oxygen atoms in total. The molecule has 0 aliphatic heterocycles. The van der Waals surface area contributed by atoms with Crippen LogP contribution in [0.5, 0.6) is 5.88 Å². The molecule has 0 radical (unpaired) electrons. The van der Waals surface area contributed by atoms with Crippen LogP contribution < -0.4 is 16.0 Å². The number of hydrogen-bond acceptors (Lipinski definition) is 6. The maximum Gasteiger partial charge on any atom is 0.256 e. The number of rotatable bonds is 3. The van der Waals surface area contributed by atoms with Crippen molar-refractivity contribution in [3.8, 4) is 17.4 Å². The van der Waals surface area contributed by atoms with E-state index in [0.29, 0.717) is 29.4 Å². The summed E-state index contributed by atoms with van der Waals surface area (Å²) in [5.74, 6) is 0.901. The number of ether oxygens (including phenoxy) is 1. The third kappa shape index (κ3) is 2.15. The van der Waals surface area contributed by atoms with Crippen LogP contribution in [0.1, 0.15) is 12.5 Å². The summed E-state index contributed by atoms with van der Waals surface area (Å²) in [6.07, 6.45) is 0.530. The van der Waals surface area contributed by atoms with Gasteiger partial charge in [-0.05, 0) is 12.5 Å². The zero-order valence-electron chi connectivity index (χ0n) is 10.1. The molecule has 0 spiro atoms. The van der Waals surface area contributed by atoms with Gasteiger partial charge in [0.2, 0.25) is 5.88 Å². The average Bonchev–Trinajstić information content (AvgIpc) is 2.38.